The first-order valence-electron chi connectivity index (χ1n) is 8.77. The average Bonchev–Trinajstić information content (AvgIpc) is 2.89. The van der Waals surface area contributed by atoms with Crippen LogP contribution in [-0.2, 0) is 9.59 Å². The molecule has 2 aliphatic heterocycles. The zero-order valence-electron chi connectivity index (χ0n) is 14.4. The van der Waals surface area contributed by atoms with E-state index >= 15 is 0 Å². The largest absolute Gasteiger partial charge is 0.488 e. The maximum Gasteiger partial charge on any atom is 0.253 e. The standard InChI is InChI=1S/C21H20N2O3/c24-20-13-18(15-6-2-1-3-7-15)23(11-10-22-20)21(25)17-12-16-8-4-5-9-19(16)26-14-17/h1-9,12,18H,10-11,13-14H2,(H,22,24)/t18-/m1/s1. The van der Waals surface area contributed by atoms with Crippen molar-refractivity contribution >= 4 is 17.9 Å². The van der Waals surface area contributed by atoms with Crippen LogP contribution in [0.3, 0.4) is 0 Å². The molecular formula is C21H20N2O3. The molecule has 0 aliphatic carbocycles. The summed E-state index contributed by atoms with van der Waals surface area (Å²) in [5.41, 5.74) is 2.48. The highest BCUT2D eigenvalue weighted by atomic mass is 16.5. The maximum absolute atomic E-state index is 13.2. The van der Waals surface area contributed by atoms with Gasteiger partial charge in [0.2, 0.25) is 5.91 Å². The van der Waals surface area contributed by atoms with Crippen molar-refractivity contribution in [1.29, 1.82) is 0 Å². The van der Waals surface area contributed by atoms with Gasteiger partial charge in [-0.2, -0.15) is 0 Å². The highest BCUT2D eigenvalue weighted by Crippen LogP contribution is 2.30. The van der Waals surface area contributed by atoms with Crippen LogP contribution < -0.4 is 10.1 Å². The Balaban J connectivity index is 1.66. The van der Waals surface area contributed by atoms with Crippen molar-refractivity contribution in [3.8, 4) is 5.75 Å². The zero-order chi connectivity index (χ0) is 17.9. The number of nitrogens with zero attached hydrogens (tertiary/aromatic N) is 1. The van der Waals surface area contributed by atoms with E-state index in [4.69, 9.17) is 4.74 Å². The summed E-state index contributed by atoms with van der Waals surface area (Å²) in [7, 11) is 0. The summed E-state index contributed by atoms with van der Waals surface area (Å²) in [5, 5.41) is 2.86. The van der Waals surface area contributed by atoms with E-state index in [-0.39, 0.29) is 30.9 Å². The van der Waals surface area contributed by atoms with Gasteiger partial charge >= 0.3 is 0 Å². The molecule has 4 rings (SSSR count). The van der Waals surface area contributed by atoms with Crippen LogP contribution in [0.4, 0.5) is 0 Å². The summed E-state index contributed by atoms with van der Waals surface area (Å²) < 4.78 is 5.74. The summed E-state index contributed by atoms with van der Waals surface area (Å²) >= 11 is 0. The third kappa shape index (κ3) is 3.20. The van der Waals surface area contributed by atoms with Crippen LogP contribution >= 0.6 is 0 Å². The van der Waals surface area contributed by atoms with Gasteiger partial charge in [0, 0.05) is 18.7 Å². The lowest BCUT2D eigenvalue weighted by Crippen LogP contribution is -2.38. The number of para-hydroxylation sites is 1. The molecule has 1 fully saturated rings. The van der Waals surface area contributed by atoms with Crippen molar-refractivity contribution in [3.63, 3.8) is 0 Å². The van der Waals surface area contributed by atoms with Gasteiger partial charge in [0.1, 0.15) is 12.4 Å². The van der Waals surface area contributed by atoms with Gasteiger partial charge in [-0.15, -0.1) is 0 Å². The van der Waals surface area contributed by atoms with Gasteiger partial charge < -0.3 is 15.0 Å². The minimum atomic E-state index is -0.274. The van der Waals surface area contributed by atoms with E-state index in [0.717, 1.165) is 16.9 Å². The van der Waals surface area contributed by atoms with Gasteiger partial charge in [0.05, 0.1) is 18.0 Å². The Hall–Kier alpha value is -3.08. The lowest BCUT2D eigenvalue weighted by Gasteiger charge is -2.31. The van der Waals surface area contributed by atoms with Gasteiger partial charge in [-0.1, -0.05) is 48.5 Å². The number of ether oxygens (including phenoxy) is 1. The molecule has 2 aliphatic rings. The second-order valence-electron chi connectivity index (χ2n) is 6.48. The number of amides is 2. The molecule has 2 aromatic rings. The van der Waals surface area contributed by atoms with Crippen molar-refractivity contribution in [2.75, 3.05) is 19.7 Å². The monoisotopic (exact) mass is 348 g/mol. The lowest BCUT2D eigenvalue weighted by molar-refractivity contribution is -0.130. The van der Waals surface area contributed by atoms with Crippen LogP contribution in [0.5, 0.6) is 5.75 Å². The molecule has 0 unspecified atom stereocenters. The number of hydrogen-bond acceptors (Lipinski definition) is 3. The smallest absolute Gasteiger partial charge is 0.253 e. The van der Waals surface area contributed by atoms with Crippen LogP contribution in [-0.4, -0.2) is 36.4 Å². The van der Waals surface area contributed by atoms with Crippen molar-refractivity contribution in [1.82, 2.24) is 10.2 Å². The summed E-state index contributed by atoms with van der Waals surface area (Å²) in [6, 6.07) is 17.1. The first kappa shape index (κ1) is 16.4. The molecular weight excluding hydrogens is 328 g/mol. The Morgan fingerprint density at radius 2 is 1.85 bits per heavy atom. The van der Waals surface area contributed by atoms with Gasteiger partial charge in [-0.25, -0.2) is 0 Å². The minimum Gasteiger partial charge on any atom is -0.488 e. The first-order valence-corrected chi connectivity index (χ1v) is 8.77. The first-order chi connectivity index (χ1) is 12.7. The Bertz CT molecular complexity index is 861. The fourth-order valence-electron chi connectivity index (χ4n) is 3.47. The van der Waals surface area contributed by atoms with Crippen molar-refractivity contribution in [2.24, 2.45) is 0 Å². The minimum absolute atomic E-state index is 0.0339. The second kappa shape index (κ2) is 7.04. The molecule has 0 radical (unpaired) electrons. The molecule has 26 heavy (non-hydrogen) atoms. The summed E-state index contributed by atoms with van der Waals surface area (Å²) in [4.78, 5) is 27.1. The number of fused-ring (bicyclic) bond motifs is 1. The predicted octanol–water partition coefficient (Wildman–Crippen LogP) is 2.55. The molecule has 1 N–H and O–H groups in total. The highest BCUT2D eigenvalue weighted by Gasteiger charge is 2.32. The van der Waals surface area contributed by atoms with E-state index in [1.54, 1.807) is 4.90 Å². The van der Waals surface area contributed by atoms with E-state index in [1.807, 2.05) is 60.7 Å². The lowest BCUT2D eigenvalue weighted by atomic mass is 10.00. The number of hydrogen-bond donors (Lipinski definition) is 1. The summed E-state index contributed by atoms with van der Waals surface area (Å²) in [6.45, 7) is 1.18. The number of carbonyl (C=O) groups is 2. The molecule has 0 bridgehead atoms. The number of nitrogens with one attached hydrogen (secondary N) is 1. The fourth-order valence-corrected chi connectivity index (χ4v) is 3.47. The van der Waals surface area contributed by atoms with Crippen LogP contribution in [0.1, 0.15) is 23.6 Å². The van der Waals surface area contributed by atoms with E-state index < -0.39 is 0 Å². The van der Waals surface area contributed by atoms with Crippen LogP contribution in [0.25, 0.3) is 6.08 Å². The fraction of sp³-hybridized carbons (Fsp3) is 0.238. The molecule has 5 nitrogen and oxygen atoms in total. The van der Waals surface area contributed by atoms with E-state index in [9.17, 15) is 9.59 Å². The van der Waals surface area contributed by atoms with Gasteiger partial charge in [-0.05, 0) is 17.7 Å². The number of benzene rings is 2. The second-order valence-corrected chi connectivity index (χ2v) is 6.48. The third-order valence-corrected chi connectivity index (χ3v) is 4.78. The molecule has 2 heterocycles. The number of rotatable bonds is 2. The molecule has 5 heteroatoms. The molecule has 132 valence electrons. The van der Waals surface area contributed by atoms with E-state index in [2.05, 4.69) is 5.32 Å². The highest BCUT2D eigenvalue weighted by molar-refractivity contribution is 5.99. The van der Waals surface area contributed by atoms with Crippen molar-refractivity contribution in [3.05, 3.63) is 71.3 Å². The molecule has 2 amide bonds. The summed E-state index contributed by atoms with van der Waals surface area (Å²) in [6.07, 6.45) is 2.16. The van der Waals surface area contributed by atoms with Gasteiger partial charge in [0.15, 0.2) is 0 Å². The SMILES string of the molecule is O=C1C[C@H](c2ccccc2)N(C(=O)C2=Cc3ccccc3OC2)CCN1. The van der Waals surface area contributed by atoms with Crippen LogP contribution in [0.2, 0.25) is 0 Å². The Labute approximate surface area is 152 Å². The zero-order valence-corrected chi connectivity index (χ0v) is 14.4. The van der Waals surface area contributed by atoms with E-state index in [0.29, 0.717) is 18.7 Å². The quantitative estimate of drug-likeness (QED) is 0.907. The molecule has 1 atom stereocenters. The molecule has 2 aromatic carbocycles. The van der Waals surface area contributed by atoms with E-state index in [1.165, 1.54) is 0 Å². The number of carbonyl (C=O) groups excluding carboxylic acids is 2. The predicted molar refractivity (Wildman–Crippen MR) is 98.4 cm³/mol. The maximum atomic E-state index is 13.2. The molecule has 0 spiro atoms. The van der Waals surface area contributed by atoms with Gasteiger partial charge in [0.25, 0.3) is 5.91 Å². The molecule has 0 aromatic heterocycles. The molecule has 0 saturated carbocycles. The Kier molecular flexibility index (Phi) is 4.44. The van der Waals surface area contributed by atoms with Gasteiger partial charge in [-0.3, -0.25) is 9.59 Å². The normalized spacial score (nSPS) is 19.5. The van der Waals surface area contributed by atoms with Crippen LogP contribution in [0.15, 0.2) is 60.2 Å². The van der Waals surface area contributed by atoms with Crippen molar-refractivity contribution < 1.29 is 14.3 Å². The van der Waals surface area contributed by atoms with Crippen molar-refractivity contribution in [2.45, 2.75) is 12.5 Å². The average molecular weight is 348 g/mol. The Morgan fingerprint density at radius 1 is 1.08 bits per heavy atom. The van der Waals surface area contributed by atoms with Crippen LogP contribution in [0, 0.1) is 0 Å². The topological polar surface area (TPSA) is 58.6 Å². The summed E-state index contributed by atoms with van der Waals surface area (Å²) in [5.74, 6) is 0.676. The molecule has 1 saturated heterocycles. The Morgan fingerprint density at radius 3 is 2.69 bits per heavy atom. The third-order valence-electron chi connectivity index (χ3n) is 4.78.